The van der Waals surface area contributed by atoms with E-state index in [1.54, 1.807) is 13.8 Å². The predicted molar refractivity (Wildman–Crippen MR) is 107 cm³/mol. The van der Waals surface area contributed by atoms with Gasteiger partial charge in [0.25, 0.3) is 5.91 Å². The van der Waals surface area contributed by atoms with Crippen LogP contribution in [0.1, 0.15) is 54.7 Å². The maximum atomic E-state index is 11.7. The maximum absolute atomic E-state index is 11.7. The van der Waals surface area contributed by atoms with E-state index in [4.69, 9.17) is 13.5 Å². The molecule has 0 aliphatic rings. The van der Waals surface area contributed by atoms with Crippen molar-refractivity contribution in [2.45, 2.75) is 44.7 Å². The molecule has 14 heteroatoms. The molecule has 174 valence electrons. The maximum Gasteiger partial charge on any atom is 0.362 e. The van der Waals surface area contributed by atoms with Gasteiger partial charge in [0, 0.05) is 12.6 Å². The summed E-state index contributed by atoms with van der Waals surface area (Å²) in [6.07, 6.45) is 2.44. The van der Waals surface area contributed by atoms with Crippen LogP contribution in [0.25, 0.3) is 0 Å². The van der Waals surface area contributed by atoms with E-state index in [1.165, 1.54) is 24.5 Å². The van der Waals surface area contributed by atoms with Crippen molar-refractivity contribution in [3.63, 3.8) is 0 Å². The van der Waals surface area contributed by atoms with Gasteiger partial charge in [0.15, 0.2) is 11.5 Å². The summed E-state index contributed by atoms with van der Waals surface area (Å²) in [6, 6.07) is 4.92. The summed E-state index contributed by atoms with van der Waals surface area (Å²) in [7, 11) is -8.93. The lowest BCUT2D eigenvalue weighted by Gasteiger charge is -2.16. The van der Waals surface area contributed by atoms with Crippen molar-refractivity contribution in [2.75, 3.05) is 6.54 Å². The Morgan fingerprint density at radius 1 is 1.10 bits per heavy atom. The van der Waals surface area contributed by atoms with E-state index >= 15 is 0 Å². The quantitative estimate of drug-likeness (QED) is 0.472. The summed E-state index contributed by atoms with van der Waals surface area (Å²) in [5, 5.41) is 1.87. The number of rotatable bonds is 8. The molecule has 0 fully saturated rings. The third kappa shape index (κ3) is 8.53. The van der Waals surface area contributed by atoms with Gasteiger partial charge >= 0.3 is 26.3 Å². The fraction of sp³-hybridized carbons (Fsp3) is 0.412. The Balaban J connectivity index is 0.000000311. The van der Waals surface area contributed by atoms with Gasteiger partial charge in [-0.05, 0) is 44.5 Å². The number of carbonyl (C=O) groups excluding carboxylic acids is 2. The minimum Gasteiger partial charge on any atom is -0.459 e. The summed E-state index contributed by atoms with van der Waals surface area (Å²) in [6.45, 7) is 5.30. The van der Waals surface area contributed by atoms with E-state index in [0.29, 0.717) is 17.1 Å². The van der Waals surface area contributed by atoms with Crippen molar-refractivity contribution in [2.24, 2.45) is 0 Å². The van der Waals surface area contributed by atoms with E-state index in [1.807, 2.05) is 6.92 Å². The van der Waals surface area contributed by atoms with Crippen LogP contribution in [0.4, 0.5) is 0 Å². The van der Waals surface area contributed by atoms with Crippen molar-refractivity contribution >= 4 is 32.2 Å². The molecule has 2 aromatic heterocycles. The van der Waals surface area contributed by atoms with Crippen LogP contribution in [0.3, 0.4) is 0 Å². The van der Waals surface area contributed by atoms with Crippen LogP contribution in [0, 0.1) is 0 Å². The summed E-state index contributed by atoms with van der Waals surface area (Å²) >= 11 is 0. The van der Waals surface area contributed by atoms with Crippen molar-refractivity contribution in [1.82, 2.24) is 9.62 Å². The summed E-state index contributed by atoms with van der Waals surface area (Å²) in [5.41, 5.74) is 0. The first kappa shape index (κ1) is 26.4. The zero-order valence-electron chi connectivity index (χ0n) is 17.0. The first-order chi connectivity index (χ1) is 14.3. The third-order valence-electron chi connectivity index (χ3n) is 3.43. The molecule has 0 atom stereocenters. The van der Waals surface area contributed by atoms with Gasteiger partial charge in [0.1, 0.15) is 0 Å². The topological polar surface area (TPSA) is 184 Å². The molecule has 0 radical (unpaired) electrons. The number of hydrogen-bond donors (Lipinski definition) is 3. The van der Waals surface area contributed by atoms with Crippen molar-refractivity contribution in [3.05, 3.63) is 42.0 Å². The average Bonchev–Trinajstić information content (AvgIpc) is 3.32. The van der Waals surface area contributed by atoms with Gasteiger partial charge in [-0.25, -0.2) is 4.31 Å². The molecule has 2 rings (SSSR count). The lowest BCUT2D eigenvalue weighted by atomic mass is 10.3. The van der Waals surface area contributed by atoms with E-state index in [9.17, 15) is 26.4 Å². The largest absolute Gasteiger partial charge is 0.459 e. The van der Waals surface area contributed by atoms with Crippen molar-refractivity contribution in [1.29, 1.82) is 0 Å². The van der Waals surface area contributed by atoms with Gasteiger partial charge in [-0.1, -0.05) is 13.3 Å². The minimum atomic E-state index is -4.54. The van der Waals surface area contributed by atoms with Crippen LogP contribution in [0.5, 0.6) is 0 Å². The monoisotopic (exact) mass is 480 g/mol. The molecular weight excluding hydrogens is 456 g/mol. The van der Waals surface area contributed by atoms with Gasteiger partial charge in [0.05, 0.1) is 6.26 Å². The smallest absolute Gasteiger partial charge is 0.362 e. The van der Waals surface area contributed by atoms with Crippen molar-refractivity contribution in [3.8, 4) is 0 Å². The SMILES string of the molecule is CC(C)NC(=O)c1ccc(S(=O)(=O)O)o1.CCCCN(C(=O)c1ccco1)S(=O)(=O)O. The fourth-order valence-corrected chi connectivity index (χ4v) is 3.16. The van der Waals surface area contributed by atoms with Crippen LogP contribution < -0.4 is 5.32 Å². The molecule has 0 bridgehead atoms. The van der Waals surface area contributed by atoms with Crippen LogP contribution in [-0.2, 0) is 20.4 Å². The van der Waals surface area contributed by atoms with Crippen LogP contribution in [0.2, 0.25) is 0 Å². The highest BCUT2D eigenvalue weighted by Crippen LogP contribution is 2.13. The zero-order chi connectivity index (χ0) is 23.8. The highest BCUT2D eigenvalue weighted by atomic mass is 32.2. The second-order valence-electron chi connectivity index (χ2n) is 6.41. The number of hydrogen-bond acceptors (Lipinski definition) is 8. The Bertz CT molecular complexity index is 1070. The second kappa shape index (κ2) is 11.1. The molecule has 0 spiro atoms. The molecule has 31 heavy (non-hydrogen) atoms. The molecule has 0 saturated heterocycles. The third-order valence-corrected chi connectivity index (χ3v) is 5.06. The highest BCUT2D eigenvalue weighted by molar-refractivity contribution is 7.85. The van der Waals surface area contributed by atoms with Gasteiger partial charge in [-0.2, -0.15) is 16.8 Å². The average molecular weight is 481 g/mol. The van der Waals surface area contributed by atoms with Gasteiger partial charge < -0.3 is 14.2 Å². The zero-order valence-corrected chi connectivity index (χ0v) is 18.6. The van der Waals surface area contributed by atoms with Crippen molar-refractivity contribution < 1.29 is 44.4 Å². The van der Waals surface area contributed by atoms with E-state index in [0.717, 1.165) is 6.07 Å². The summed E-state index contributed by atoms with van der Waals surface area (Å²) in [4.78, 5) is 23.0. The molecular formula is C17H24N2O10S2. The molecule has 12 nitrogen and oxygen atoms in total. The van der Waals surface area contributed by atoms with Gasteiger partial charge in [0.2, 0.25) is 5.09 Å². The Morgan fingerprint density at radius 2 is 1.74 bits per heavy atom. The normalized spacial score (nSPS) is 11.5. The fourth-order valence-electron chi connectivity index (χ4n) is 2.06. The Hall–Kier alpha value is -2.68. The first-order valence-electron chi connectivity index (χ1n) is 8.98. The molecule has 3 N–H and O–H groups in total. The number of carbonyl (C=O) groups is 2. The molecule has 0 aliphatic heterocycles. The van der Waals surface area contributed by atoms with Crippen LogP contribution >= 0.6 is 0 Å². The molecule has 2 heterocycles. The van der Waals surface area contributed by atoms with Gasteiger partial charge in [-0.3, -0.25) is 18.7 Å². The number of nitrogens with one attached hydrogen (secondary N) is 1. The highest BCUT2D eigenvalue weighted by Gasteiger charge is 2.27. The number of amides is 2. The molecule has 0 saturated carbocycles. The predicted octanol–water partition coefficient (Wildman–Crippen LogP) is 1.99. The summed E-state index contributed by atoms with van der Waals surface area (Å²) in [5.74, 6) is -1.66. The first-order valence-corrected chi connectivity index (χ1v) is 11.8. The van der Waals surface area contributed by atoms with Crippen LogP contribution in [-0.4, -0.2) is 54.6 Å². The lowest BCUT2D eigenvalue weighted by molar-refractivity contribution is 0.0819. The Labute approximate surface area is 179 Å². The molecule has 0 unspecified atom stereocenters. The number of furan rings is 2. The minimum absolute atomic E-state index is 0.0606. The second-order valence-corrected chi connectivity index (χ2v) is 9.10. The summed E-state index contributed by atoms with van der Waals surface area (Å²) < 4.78 is 70.6. The standard InChI is InChI=1S/C9H13NO5S.C8H11NO5S/c1-2-3-6-10(16(12,13)14)9(11)8-5-4-7-15-8;1-5(2)9-8(10)6-3-4-7(14-6)15(11,12)13/h4-5,7H,2-3,6H2,1H3,(H,12,13,14);3-5H,1-2H3,(H,9,10)(H,11,12,13). The lowest BCUT2D eigenvalue weighted by Crippen LogP contribution is -2.37. The number of unbranched alkanes of at least 4 members (excludes halogenated alkanes) is 1. The van der Waals surface area contributed by atoms with Gasteiger partial charge in [-0.15, -0.1) is 0 Å². The van der Waals surface area contributed by atoms with E-state index in [-0.39, 0.29) is 24.1 Å². The van der Waals surface area contributed by atoms with E-state index in [2.05, 4.69) is 9.73 Å². The number of nitrogens with zero attached hydrogens (tertiary/aromatic N) is 1. The molecule has 2 amide bonds. The molecule has 0 aliphatic carbocycles. The van der Waals surface area contributed by atoms with E-state index < -0.39 is 37.3 Å². The van der Waals surface area contributed by atoms with Crippen LogP contribution in [0.15, 0.2) is 44.5 Å². The Kier molecular flexibility index (Phi) is 9.42. The molecule has 0 aromatic carbocycles. The Morgan fingerprint density at radius 3 is 2.16 bits per heavy atom. The molecule has 2 aromatic rings.